The fourth-order valence-corrected chi connectivity index (χ4v) is 4.70. The average Bonchev–Trinajstić information content (AvgIpc) is 3.40. The highest BCUT2D eigenvalue weighted by Gasteiger charge is 2.19. The van der Waals surface area contributed by atoms with E-state index in [0.717, 1.165) is 21.3 Å². The topological polar surface area (TPSA) is 84.4 Å². The van der Waals surface area contributed by atoms with Crippen molar-refractivity contribution < 1.29 is 14.3 Å². The van der Waals surface area contributed by atoms with Crippen molar-refractivity contribution in [1.29, 1.82) is 0 Å². The number of fused-ring (bicyclic) bond motifs is 1. The minimum absolute atomic E-state index is 0.149. The molecule has 0 saturated heterocycles. The van der Waals surface area contributed by atoms with E-state index in [1.807, 2.05) is 66.2 Å². The van der Waals surface area contributed by atoms with Gasteiger partial charge in [-0.05, 0) is 36.8 Å². The summed E-state index contributed by atoms with van der Waals surface area (Å²) < 4.78 is 7.08. The number of carbonyl (C=O) groups is 2. The standard InChI is InChI=1S/C24H22N4O3S2/c1-3-31-23(30)17-13-20(15-9-5-4-6-10-15)33-22(17)25-24(32)27-26-21(29)18-14-28(2)19-12-8-7-11-16(18)19/h4-14H,3H2,1-2H3,(H,26,29)(H2,25,27,32). The van der Waals surface area contributed by atoms with Gasteiger partial charge in [-0.3, -0.25) is 15.6 Å². The number of benzene rings is 2. The number of hydrogen-bond acceptors (Lipinski definition) is 5. The maximum atomic E-state index is 12.7. The first-order valence-electron chi connectivity index (χ1n) is 10.3. The van der Waals surface area contributed by atoms with Crippen LogP contribution in [-0.4, -0.2) is 28.2 Å². The predicted molar refractivity (Wildman–Crippen MR) is 135 cm³/mol. The summed E-state index contributed by atoms with van der Waals surface area (Å²) >= 11 is 6.73. The molecule has 33 heavy (non-hydrogen) atoms. The van der Waals surface area contributed by atoms with E-state index < -0.39 is 5.97 Å². The Morgan fingerprint density at radius 3 is 2.52 bits per heavy atom. The monoisotopic (exact) mass is 478 g/mol. The molecule has 0 bridgehead atoms. The lowest BCUT2D eigenvalue weighted by molar-refractivity contribution is 0.0528. The number of anilines is 1. The van der Waals surface area contributed by atoms with Crippen LogP contribution >= 0.6 is 23.6 Å². The Morgan fingerprint density at radius 1 is 1.03 bits per heavy atom. The Kier molecular flexibility index (Phi) is 6.71. The van der Waals surface area contributed by atoms with Crippen LogP contribution in [0.5, 0.6) is 0 Å². The van der Waals surface area contributed by atoms with Gasteiger partial charge in [0.25, 0.3) is 5.91 Å². The molecule has 2 aromatic carbocycles. The molecule has 0 unspecified atom stereocenters. The zero-order valence-corrected chi connectivity index (χ0v) is 19.7. The van der Waals surface area contributed by atoms with E-state index in [0.29, 0.717) is 16.1 Å². The van der Waals surface area contributed by atoms with Gasteiger partial charge in [-0.25, -0.2) is 4.79 Å². The van der Waals surface area contributed by atoms with E-state index in [-0.39, 0.29) is 17.6 Å². The zero-order chi connectivity index (χ0) is 23.4. The predicted octanol–water partition coefficient (Wildman–Crippen LogP) is 4.71. The van der Waals surface area contributed by atoms with Gasteiger partial charge in [0.05, 0.1) is 17.7 Å². The molecule has 4 rings (SSSR count). The number of aryl methyl sites for hydroxylation is 1. The lowest BCUT2D eigenvalue weighted by Crippen LogP contribution is -2.43. The van der Waals surface area contributed by atoms with Gasteiger partial charge in [-0.1, -0.05) is 48.5 Å². The van der Waals surface area contributed by atoms with Crippen LogP contribution in [0.1, 0.15) is 27.6 Å². The quantitative estimate of drug-likeness (QED) is 0.219. The summed E-state index contributed by atoms with van der Waals surface area (Å²) in [5, 5.41) is 4.53. The molecule has 0 aliphatic heterocycles. The molecule has 0 saturated carbocycles. The minimum atomic E-state index is -0.443. The Bertz CT molecular complexity index is 1330. The molecule has 9 heteroatoms. The molecule has 4 aromatic rings. The van der Waals surface area contributed by atoms with Gasteiger partial charge >= 0.3 is 5.97 Å². The molecule has 2 heterocycles. The number of nitrogens with one attached hydrogen (secondary N) is 3. The smallest absolute Gasteiger partial charge is 0.341 e. The number of hydrogen-bond donors (Lipinski definition) is 3. The first-order chi connectivity index (χ1) is 16.0. The summed E-state index contributed by atoms with van der Waals surface area (Å²) in [7, 11) is 1.89. The van der Waals surface area contributed by atoms with E-state index in [1.165, 1.54) is 11.3 Å². The second kappa shape index (κ2) is 9.85. The number of esters is 1. The SMILES string of the molecule is CCOC(=O)c1cc(-c2ccccc2)sc1NC(=S)NNC(=O)c1cn(C)c2ccccc12. The molecule has 168 valence electrons. The second-order valence-corrected chi connectivity index (χ2v) is 8.60. The van der Waals surface area contributed by atoms with Crippen molar-refractivity contribution in [3.05, 3.63) is 78.0 Å². The van der Waals surface area contributed by atoms with Crippen LogP contribution in [0.4, 0.5) is 5.00 Å². The third-order valence-corrected chi connectivity index (χ3v) is 6.25. The van der Waals surface area contributed by atoms with Crippen molar-refractivity contribution in [2.75, 3.05) is 11.9 Å². The number of nitrogens with zero attached hydrogens (tertiary/aromatic N) is 1. The maximum Gasteiger partial charge on any atom is 0.341 e. The first-order valence-corrected chi connectivity index (χ1v) is 11.5. The number of aromatic nitrogens is 1. The molecular weight excluding hydrogens is 456 g/mol. The van der Waals surface area contributed by atoms with Gasteiger partial charge in [0.2, 0.25) is 0 Å². The number of hydrazine groups is 1. The number of thiocarbonyl (C=S) groups is 1. The maximum absolute atomic E-state index is 12.7. The fourth-order valence-electron chi connectivity index (χ4n) is 3.43. The molecule has 0 radical (unpaired) electrons. The van der Waals surface area contributed by atoms with Crippen molar-refractivity contribution in [3.8, 4) is 10.4 Å². The third kappa shape index (κ3) is 4.89. The van der Waals surface area contributed by atoms with Crippen LogP contribution < -0.4 is 16.2 Å². The number of amides is 1. The van der Waals surface area contributed by atoms with E-state index in [2.05, 4.69) is 16.2 Å². The van der Waals surface area contributed by atoms with Crippen molar-refractivity contribution in [2.24, 2.45) is 7.05 Å². The summed E-state index contributed by atoms with van der Waals surface area (Å²) in [6.07, 6.45) is 1.77. The van der Waals surface area contributed by atoms with Crippen LogP contribution in [0.15, 0.2) is 66.9 Å². The highest BCUT2D eigenvalue weighted by molar-refractivity contribution is 7.80. The van der Waals surface area contributed by atoms with Crippen molar-refractivity contribution in [1.82, 2.24) is 15.4 Å². The van der Waals surface area contributed by atoms with Gasteiger partial charge in [-0.2, -0.15) is 0 Å². The molecule has 0 spiro atoms. The number of rotatable bonds is 5. The average molecular weight is 479 g/mol. The molecule has 0 aliphatic rings. The van der Waals surface area contributed by atoms with Crippen LogP contribution in [0.2, 0.25) is 0 Å². The Balaban J connectivity index is 1.49. The Labute approximate surface area is 200 Å². The number of para-hydroxylation sites is 1. The van der Waals surface area contributed by atoms with Gasteiger partial charge < -0.3 is 14.6 Å². The highest BCUT2D eigenvalue weighted by atomic mass is 32.1. The number of ether oxygens (including phenoxy) is 1. The normalized spacial score (nSPS) is 10.6. The number of carbonyl (C=O) groups excluding carboxylic acids is 2. The lowest BCUT2D eigenvalue weighted by Gasteiger charge is -2.11. The molecular formula is C24H22N4O3S2. The minimum Gasteiger partial charge on any atom is -0.462 e. The largest absolute Gasteiger partial charge is 0.462 e. The van der Waals surface area contributed by atoms with E-state index in [1.54, 1.807) is 19.2 Å². The van der Waals surface area contributed by atoms with E-state index in [4.69, 9.17) is 17.0 Å². The molecule has 0 fully saturated rings. The molecule has 0 aliphatic carbocycles. The molecule has 1 amide bonds. The van der Waals surface area contributed by atoms with Crippen molar-refractivity contribution in [3.63, 3.8) is 0 Å². The van der Waals surface area contributed by atoms with Crippen LogP contribution in [0.3, 0.4) is 0 Å². The van der Waals surface area contributed by atoms with E-state index >= 15 is 0 Å². The summed E-state index contributed by atoms with van der Waals surface area (Å²) in [6, 6.07) is 19.1. The molecule has 0 atom stereocenters. The Hall–Kier alpha value is -3.69. The number of thiophene rings is 1. The fraction of sp³-hybridized carbons (Fsp3) is 0.125. The third-order valence-electron chi connectivity index (χ3n) is 4.94. The zero-order valence-electron chi connectivity index (χ0n) is 18.0. The van der Waals surface area contributed by atoms with Crippen LogP contribution in [-0.2, 0) is 11.8 Å². The van der Waals surface area contributed by atoms with Gasteiger partial charge in [0.15, 0.2) is 5.11 Å². The Morgan fingerprint density at radius 2 is 1.76 bits per heavy atom. The molecule has 7 nitrogen and oxygen atoms in total. The van der Waals surface area contributed by atoms with Crippen molar-refractivity contribution >= 4 is 56.4 Å². The van der Waals surface area contributed by atoms with Crippen LogP contribution in [0, 0.1) is 0 Å². The van der Waals surface area contributed by atoms with Crippen molar-refractivity contribution in [2.45, 2.75) is 6.92 Å². The van der Waals surface area contributed by atoms with Crippen LogP contribution in [0.25, 0.3) is 21.3 Å². The lowest BCUT2D eigenvalue weighted by atomic mass is 10.1. The van der Waals surface area contributed by atoms with Gasteiger partial charge in [0.1, 0.15) is 5.00 Å². The second-order valence-electron chi connectivity index (χ2n) is 7.14. The van der Waals surface area contributed by atoms with Gasteiger partial charge in [-0.15, -0.1) is 11.3 Å². The molecule has 3 N–H and O–H groups in total. The summed E-state index contributed by atoms with van der Waals surface area (Å²) in [4.78, 5) is 26.1. The first kappa shape index (κ1) is 22.5. The summed E-state index contributed by atoms with van der Waals surface area (Å²) in [5.74, 6) is -0.765. The van der Waals surface area contributed by atoms with Gasteiger partial charge in [0, 0.05) is 29.0 Å². The highest BCUT2D eigenvalue weighted by Crippen LogP contribution is 2.35. The van der Waals surface area contributed by atoms with E-state index in [9.17, 15) is 9.59 Å². The summed E-state index contributed by atoms with van der Waals surface area (Å²) in [5.41, 5.74) is 8.17. The summed E-state index contributed by atoms with van der Waals surface area (Å²) in [6.45, 7) is 2.02. The molecule has 2 aromatic heterocycles.